The Morgan fingerprint density at radius 1 is 1.19 bits per heavy atom. The zero-order valence-electron chi connectivity index (χ0n) is 16.8. The molecule has 1 N–H and O–H groups in total. The second kappa shape index (κ2) is 9.02. The van der Waals surface area contributed by atoms with Crippen molar-refractivity contribution >= 4 is 46.0 Å². The fourth-order valence-corrected chi connectivity index (χ4v) is 4.49. The molecule has 1 amide bonds. The molecule has 3 aromatic rings. The summed E-state index contributed by atoms with van der Waals surface area (Å²) in [4.78, 5) is 29.7. The number of hydrogen-bond donors (Lipinski definition) is 1. The average Bonchev–Trinajstić information content (AvgIpc) is 2.81. The first-order valence-corrected chi connectivity index (χ1v) is 11.0. The second-order valence-electron chi connectivity index (χ2n) is 7.03. The number of carbonyl (C=O) groups excluding carboxylic acids is 2. The van der Waals surface area contributed by atoms with Gasteiger partial charge in [0.05, 0.1) is 10.7 Å². The third-order valence-electron chi connectivity index (χ3n) is 4.95. The Morgan fingerprint density at radius 2 is 1.94 bits per heavy atom. The highest BCUT2D eigenvalue weighted by Crippen LogP contribution is 2.33. The number of amides is 1. The topological polar surface area (TPSA) is 79.4 Å². The van der Waals surface area contributed by atoms with E-state index in [1.165, 1.54) is 28.6 Å². The number of benzene rings is 2. The summed E-state index contributed by atoms with van der Waals surface area (Å²) >= 11 is 5.71. The van der Waals surface area contributed by atoms with Crippen molar-refractivity contribution < 1.29 is 18.2 Å². The molecule has 0 fully saturated rings. The largest absolute Gasteiger partial charge is 0.348 e. The lowest BCUT2D eigenvalue weighted by atomic mass is 10.0. The molecule has 4 rings (SSSR count). The maximum absolute atomic E-state index is 13.8. The van der Waals surface area contributed by atoms with Crippen molar-refractivity contribution in [2.75, 3.05) is 11.4 Å². The molecule has 0 aliphatic carbocycles. The summed E-state index contributed by atoms with van der Waals surface area (Å²) in [7, 11) is -0.205. The van der Waals surface area contributed by atoms with Crippen LogP contribution >= 0.6 is 11.6 Å². The molecular formula is C23H17ClFN3O3S. The van der Waals surface area contributed by atoms with Gasteiger partial charge in [0.1, 0.15) is 10.7 Å². The predicted octanol–water partition coefficient (Wildman–Crippen LogP) is 4.14. The maximum Gasteiger partial charge on any atom is 0.251 e. The van der Waals surface area contributed by atoms with Crippen LogP contribution in [0.2, 0.25) is 5.02 Å². The van der Waals surface area contributed by atoms with E-state index in [1.807, 2.05) is 0 Å². The average molecular weight is 470 g/mol. The van der Waals surface area contributed by atoms with E-state index in [4.69, 9.17) is 11.6 Å². The Bertz CT molecular complexity index is 1280. The molecule has 1 unspecified atom stereocenters. The van der Waals surface area contributed by atoms with Crippen LogP contribution in [0.25, 0.3) is 6.08 Å². The van der Waals surface area contributed by atoms with Gasteiger partial charge in [0, 0.05) is 37.1 Å². The van der Waals surface area contributed by atoms with Crippen LogP contribution in [0.3, 0.4) is 0 Å². The van der Waals surface area contributed by atoms with E-state index in [9.17, 15) is 18.2 Å². The summed E-state index contributed by atoms with van der Waals surface area (Å²) in [5, 5.41) is 2.75. The minimum Gasteiger partial charge on any atom is -0.348 e. The summed E-state index contributed by atoms with van der Waals surface area (Å²) in [6, 6.07) is 12.3. The number of halogens is 2. The van der Waals surface area contributed by atoms with Crippen LogP contribution in [-0.4, -0.2) is 27.9 Å². The maximum atomic E-state index is 13.8. The van der Waals surface area contributed by atoms with Crippen LogP contribution in [0.1, 0.15) is 31.8 Å². The molecule has 1 aliphatic rings. The summed E-state index contributed by atoms with van der Waals surface area (Å²) in [6.45, 7) is 0.309. The van der Waals surface area contributed by atoms with Crippen molar-refractivity contribution in [1.29, 1.82) is 0 Å². The summed E-state index contributed by atoms with van der Waals surface area (Å²) in [5.41, 5.74) is 2.22. The van der Waals surface area contributed by atoms with Crippen LogP contribution in [0.5, 0.6) is 0 Å². The Hall–Kier alpha value is -3.36. The molecule has 2 heterocycles. The SMILES string of the molecule is CN1c2ccc(C(=O)NCc3ccncc3)cc2C(=O)/C(=C\c2ccc(Cl)c(F)c2)S1=O. The Balaban J connectivity index is 1.64. The van der Waals surface area contributed by atoms with Crippen LogP contribution in [0, 0.1) is 5.82 Å². The van der Waals surface area contributed by atoms with Gasteiger partial charge < -0.3 is 5.32 Å². The first-order valence-electron chi connectivity index (χ1n) is 9.53. The van der Waals surface area contributed by atoms with Crippen molar-refractivity contribution in [2.45, 2.75) is 6.54 Å². The first kappa shape index (κ1) is 21.9. The van der Waals surface area contributed by atoms with E-state index in [1.54, 1.807) is 43.7 Å². The fraction of sp³-hybridized carbons (Fsp3) is 0.0870. The number of rotatable bonds is 4. The number of fused-ring (bicyclic) bond motifs is 1. The molecule has 6 nitrogen and oxygen atoms in total. The van der Waals surface area contributed by atoms with Crippen molar-refractivity contribution in [3.05, 3.63) is 98.9 Å². The number of anilines is 1. The predicted molar refractivity (Wildman–Crippen MR) is 122 cm³/mol. The lowest BCUT2D eigenvalue weighted by Gasteiger charge is -2.27. The minimum absolute atomic E-state index is 0.0175. The van der Waals surface area contributed by atoms with Crippen LogP contribution in [0.4, 0.5) is 10.1 Å². The molecule has 0 saturated carbocycles. The van der Waals surface area contributed by atoms with E-state index >= 15 is 0 Å². The van der Waals surface area contributed by atoms with Gasteiger partial charge >= 0.3 is 0 Å². The quantitative estimate of drug-likeness (QED) is 0.582. The molecular weight excluding hydrogens is 453 g/mol. The molecule has 2 aromatic carbocycles. The number of pyridine rings is 1. The molecule has 1 aromatic heterocycles. The van der Waals surface area contributed by atoms with Gasteiger partial charge in [-0.2, -0.15) is 0 Å². The smallest absolute Gasteiger partial charge is 0.251 e. The molecule has 9 heteroatoms. The van der Waals surface area contributed by atoms with Crippen molar-refractivity contribution in [3.63, 3.8) is 0 Å². The molecule has 162 valence electrons. The molecule has 1 aliphatic heterocycles. The van der Waals surface area contributed by atoms with Crippen molar-refractivity contribution in [2.24, 2.45) is 0 Å². The third-order valence-corrected chi connectivity index (χ3v) is 6.63. The zero-order chi connectivity index (χ0) is 22.8. The highest BCUT2D eigenvalue weighted by atomic mass is 35.5. The van der Waals surface area contributed by atoms with Gasteiger partial charge in [-0.05, 0) is 59.7 Å². The van der Waals surface area contributed by atoms with Gasteiger partial charge in [-0.15, -0.1) is 0 Å². The fourth-order valence-electron chi connectivity index (χ4n) is 3.24. The van der Waals surface area contributed by atoms with Gasteiger partial charge in [-0.3, -0.25) is 18.9 Å². The third kappa shape index (κ3) is 4.32. The molecule has 32 heavy (non-hydrogen) atoms. The lowest BCUT2D eigenvalue weighted by molar-refractivity contribution is 0.0951. The number of aromatic nitrogens is 1. The highest BCUT2D eigenvalue weighted by Gasteiger charge is 2.32. The summed E-state index contributed by atoms with van der Waals surface area (Å²) in [6.07, 6.45) is 4.64. The lowest BCUT2D eigenvalue weighted by Crippen LogP contribution is -2.32. The standard InChI is InChI=1S/C23H17ClFN3O3S/c1-28-20-5-3-16(23(30)27-13-14-6-8-26-9-7-14)12-17(20)22(29)21(32(28)31)11-15-2-4-18(24)19(25)10-15/h2-12H,13H2,1H3,(H,27,30)/b21-11+. The van der Waals surface area contributed by atoms with Gasteiger partial charge in [0.25, 0.3) is 5.91 Å². The Morgan fingerprint density at radius 3 is 2.66 bits per heavy atom. The Labute approximate surface area is 191 Å². The minimum atomic E-state index is -1.79. The van der Waals surface area contributed by atoms with E-state index in [0.29, 0.717) is 23.4 Å². The van der Waals surface area contributed by atoms with E-state index in [0.717, 1.165) is 11.6 Å². The monoisotopic (exact) mass is 469 g/mol. The number of allylic oxidation sites excluding steroid dienone is 1. The van der Waals surface area contributed by atoms with Crippen molar-refractivity contribution in [1.82, 2.24) is 10.3 Å². The first-order chi connectivity index (χ1) is 15.3. The van der Waals surface area contributed by atoms with Crippen molar-refractivity contribution in [3.8, 4) is 0 Å². The summed E-state index contributed by atoms with van der Waals surface area (Å²) < 4.78 is 28.1. The number of nitrogens with one attached hydrogen (secondary N) is 1. The molecule has 1 atom stereocenters. The number of Topliss-reactive ketones (excluding diaryl/α,β-unsaturated/α-hetero) is 1. The van der Waals surface area contributed by atoms with E-state index in [2.05, 4.69) is 10.3 Å². The normalized spacial score (nSPS) is 16.7. The van der Waals surface area contributed by atoms with Gasteiger partial charge in [-0.25, -0.2) is 8.60 Å². The number of ketones is 1. The van der Waals surface area contributed by atoms with Crippen LogP contribution in [0.15, 0.2) is 65.8 Å². The van der Waals surface area contributed by atoms with Gasteiger partial charge in [0.2, 0.25) is 5.78 Å². The molecule has 0 bridgehead atoms. The highest BCUT2D eigenvalue weighted by molar-refractivity contribution is 7.91. The number of carbonyl (C=O) groups is 2. The zero-order valence-corrected chi connectivity index (χ0v) is 18.4. The van der Waals surface area contributed by atoms with E-state index < -0.39 is 22.6 Å². The van der Waals surface area contributed by atoms with Gasteiger partial charge in [0.15, 0.2) is 11.0 Å². The van der Waals surface area contributed by atoms with Crippen LogP contribution in [-0.2, 0) is 17.5 Å². The van der Waals surface area contributed by atoms with Crippen LogP contribution < -0.4 is 9.62 Å². The number of hydrogen-bond acceptors (Lipinski definition) is 4. The number of nitrogens with zero attached hydrogens (tertiary/aromatic N) is 2. The summed E-state index contributed by atoms with van der Waals surface area (Å²) in [5.74, 6) is -1.48. The molecule has 0 saturated heterocycles. The Kier molecular flexibility index (Phi) is 6.16. The molecule has 0 radical (unpaired) electrons. The second-order valence-corrected chi connectivity index (χ2v) is 8.92. The van der Waals surface area contributed by atoms with E-state index in [-0.39, 0.29) is 21.4 Å². The molecule has 0 spiro atoms. The van der Waals surface area contributed by atoms with Gasteiger partial charge in [-0.1, -0.05) is 17.7 Å².